The van der Waals surface area contributed by atoms with Crippen molar-refractivity contribution in [1.82, 2.24) is 15.0 Å². The standard InChI is InChI=1S/C22H23ClN4O2/c1-15-8-10-17(11-9-15)24-22(28)16-5-4-12-27(13-16)14-20-25-21(26-29-20)18-6-2-3-7-19(18)23/h2-3,6-11,16H,4-5,12-14H2,1H3,(H,24,28). The molecule has 2 heterocycles. The lowest BCUT2D eigenvalue weighted by molar-refractivity contribution is -0.121. The summed E-state index contributed by atoms with van der Waals surface area (Å²) in [5.41, 5.74) is 2.75. The molecule has 0 spiro atoms. The topological polar surface area (TPSA) is 71.3 Å². The Bertz CT molecular complexity index is 986. The van der Waals surface area contributed by atoms with Crippen molar-refractivity contribution in [3.05, 3.63) is 65.0 Å². The lowest BCUT2D eigenvalue weighted by Gasteiger charge is -2.30. The molecule has 29 heavy (non-hydrogen) atoms. The molecule has 4 rings (SSSR count). The van der Waals surface area contributed by atoms with Gasteiger partial charge in [-0.15, -0.1) is 0 Å². The van der Waals surface area contributed by atoms with Crippen LogP contribution < -0.4 is 5.32 Å². The van der Waals surface area contributed by atoms with E-state index in [9.17, 15) is 4.79 Å². The number of carbonyl (C=O) groups excluding carboxylic acids is 1. The number of halogens is 1. The number of likely N-dealkylation sites (tertiary alicyclic amines) is 1. The van der Waals surface area contributed by atoms with Gasteiger partial charge in [0.2, 0.25) is 17.6 Å². The first kappa shape index (κ1) is 19.6. The quantitative estimate of drug-likeness (QED) is 0.668. The van der Waals surface area contributed by atoms with E-state index in [2.05, 4.69) is 20.4 Å². The van der Waals surface area contributed by atoms with Crippen LogP contribution in [0.1, 0.15) is 24.3 Å². The summed E-state index contributed by atoms with van der Waals surface area (Å²) < 4.78 is 5.42. The molecule has 7 heteroatoms. The van der Waals surface area contributed by atoms with Gasteiger partial charge in [-0.1, -0.05) is 46.6 Å². The van der Waals surface area contributed by atoms with Crippen molar-refractivity contribution in [3.63, 3.8) is 0 Å². The average molecular weight is 411 g/mol. The van der Waals surface area contributed by atoms with Crippen LogP contribution in [0.25, 0.3) is 11.4 Å². The second-order valence-corrected chi connectivity index (χ2v) is 7.83. The van der Waals surface area contributed by atoms with Crippen LogP contribution in [0, 0.1) is 12.8 Å². The zero-order chi connectivity index (χ0) is 20.2. The first-order valence-corrected chi connectivity index (χ1v) is 10.1. The van der Waals surface area contributed by atoms with E-state index in [1.165, 1.54) is 5.56 Å². The fraction of sp³-hybridized carbons (Fsp3) is 0.318. The van der Waals surface area contributed by atoms with E-state index in [1.54, 1.807) is 6.07 Å². The SMILES string of the molecule is Cc1ccc(NC(=O)C2CCCN(Cc3nc(-c4ccccc4Cl)no3)C2)cc1. The van der Waals surface area contributed by atoms with Gasteiger partial charge in [0, 0.05) is 17.8 Å². The molecule has 0 saturated carbocycles. The molecule has 1 unspecified atom stereocenters. The van der Waals surface area contributed by atoms with Crippen LogP contribution in [0.5, 0.6) is 0 Å². The Kier molecular flexibility index (Phi) is 5.92. The highest BCUT2D eigenvalue weighted by Gasteiger charge is 2.27. The molecule has 2 aromatic carbocycles. The summed E-state index contributed by atoms with van der Waals surface area (Å²) in [5.74, 6) is 1.01. The maximum atomic E-state index is 12.7. The van der Waals surface area contributed by atoms with E-state index in [4.69, 9.17) is 16.1 Å². The first-order chi connectivity index (χ1) is 14.1. The third-order valence-electron chi connectivity index (χ3n) is 5.14. The molecule has 0 bridgehead atoms. The molecule has 1 aromatic heterocycles. The number of amides is 1. The van der Waals surface area contributed by atoms with Gasteiger partial charge in [-0.05, 0) is 50.6 Å². The molecule has 1 saturated heterocycles. The Hall–Kier alpha value is -2.70. The molecular formula is C22H23ClN4O2. The maximum absolute atomic E-state index is 12.7. The minimum Gasteiger partial charge on any atom is -0.338 e. The van der Waals surface area contributed by atoms with Crippen LogP contribution >= 0.6 is 11.6 Å². The molecule has 1 amide bonds. The Labute approximate surface area is 174 Å². The van der Waals surface area contributed by atoms with E-state index in [0.717, 1.165) is 30.6 Å². The van der Waals surface area contributed by atoms with Crippen molar-refractivity contribution < 1.29 is 9.32 Å². The van der Waals surface area contributed by atoms with Crippen molar-refractivity contribution in [3.8, 4) is 11.4 Å². The van der Waals surface area contributed by atoms with Crippen molar-refractivity contribution in [2.75, 3.05) is 18.4 Å². The van der Waals surface area contributed by atoms with Gasteiger partial charge in [-0.3, -0.25) is 9.69 Å². The van der Waals surface area contributed by atoms with Crippen molar-refractivity contribution >= 4 is 23.2 Å². The number of aromatic nitrogens is 2. The number of hydrogen-bond donors (Lipinski definition) is 1. The number of hydrogen-bond acceptors (Lipinski definition) is 5. The van der Waals surface area contributed by atoms with Gasteiger partial charge >= 0.3 is 0 Å². The molecule has 150 valence electrons. The number of piperidine rings is 1. The monoisotopic (exact) mass is 410 g/mol. The van der Waals surface area contributed by atoms with E-state index in [-0.39, 0.29) is 11.8 Å². The van der Waals surface area contributed by atoms with E-state index >= 15 is 0 Å². The smallest absolute Gasteiger partial charge is 0.241 e. The number of anilines is 1. The van der Waals surface area contributed by atoms with Gasteiger partial charge < -0.3 is 9.84 Å². The maximum Gasteiger partial charge on any atom is 0.241 e. The lowest BCUT2D eigenvalue weighted by atomic mass is 9.97. The van der Waals surface area contributed by atoms with Crippen molar-refractivity contribution in [2.24, 2.45) is 5.92 Å². The number of rotatable bonds is 5. The summed E-state index contributed by atoms with van der Waals surface area (Å²) in [7, 11) is 0. The third-order valence-corrected chi connectivity index (χ3v) is 5.47. The number of nitrogens with one attached hydrogen (secondary N) is 1. The number of aryl methyl sites for hydroxylation is 1. The second kappa shape index (κ2) is 8.76. The molecule has 1 aliphatic rings. The zero-order valence-corrected chi connectivity index (χ0v) is 17.0. The van der Waals surface area contributed by atoms with Crippen molar-refractivity contribution in [1.29, 1.82) is 0 Å². The highest BCUT2D eigenvalue weighted by molar-refractivity contribution is 6.33. The number of nitrogens with zero attached hydrogens (tertiary/aromatic N) is 3. The summed E-state index contributed by atoms with van der Waals surface area (Å²) >= 11 is 6.21. The Morgan fingerprint density at radius 1 is 1.24 bits per heavy atom. The fourth-order valence-corrected chi connectivity index (χ4v) is 3.78. The van der Waals surface area contributed by atoms with Gasteiger partial charge in [-0.2, -0.15) is 4.98 Å². The first-order valence-electron chi connectivity index (χ1n) is 9.76. The normalized spacial score (nSPS) is 17.2. The minimum atomic E-state index is -0.0592. The summed E-state index contributed by atoms with van der Waals surface area (Å²) in [4.78, 5) is 19.3. The predicted molar refractivity (Wildman–Crippen MR) is 113 cm³/mol. The van der Waals surface area contributed by atoms with Crippen LogP contribution in [0.4, 0.5) is 5.69 Å². The Balaban J connectivity index is 1.37. The molecule has 1 aliphatic heterocycles. The van der Waals surface area contributed by atoms with Crippen LogP contribution in [0.3, 0.4) is 0 Å². The van der Waals surface area contributed by atoms with Gasteiger partial charge in [-0.25, -0.2) is 0 Å². The Morgan fingerprint density at radius 2 is 2.03 bits per heavy atom. The van der Waals surface area contributed by atoms with Crippen LogP contribution in [0.2, 0.25) is 5.02 Å². The summed E-state index contributed by atoms with van der Waals surface area (Å²) in [6, 6.07) is 15.3. The minimum absolute atomic E-state index is 0.0563. The van der Waals surface area contributed by atoms with Crippen LogP contribution in [-0.2, 0) is 11.3 Å². The van der Waals surface area contributed by atoms with Gasteiger partial charge in [0.25, 0.3) is 0 Å². The number of benzene rings is 2. The van der Waals surface area contributed by atoms with E-state index in [1.807, 2.05) is 49.4 Å². The molecule has 0 aliphatic carbocycles. The summed E-state index contributed by atoms with van der Waals surface area (Å²) in [6.45, 7) is 4.12. The zero-order valence-electron chi connectivity index (χ0n) is 16.3. The molecule has 1 N–H and O–H groups in total. The van der Waals surface area contributed by atoms with E-state index < -0.39 is 0 Å². The lowest BCUT2D eigenvalue weighted by Crippen LogP contribution is -2.40. The summed E-state index contributed by atoms with van der Waals surface area (Å²) in [5, 5.41) is 7.67. The third kappa shape index (κ3) is 4.83. The predicted octanol–water partition coefficient (Wildman–Crippen LogP) is 4.55. The largest absolute Gasteiger partial charge is 0.338 e. The summed E-state index contributed by atoms with van der Waals surface area (Å²) in [6.07, 6.45) is 1.83. The second-order valence-electron chi connectivity index (χ2n) is 7.42. The molecule has 1 atom stereocenters. The van der Waals surface area contributed by atoms with Gasteiger partial charge in [0.15, 0.2) is 0 Å². The molecule has 0 radical (unpaired) electrons. The molecule has 1 fully saturated rings. The highest BCUT2D eigenvalue weighted by Crippen LogP contribution is 2.26. The van der Waals surface area contributed by atoms with E-state index in [0.29, 0.717) is 29.8 Å². The fourth-order valence-electron chi connectivity index (χ4n) is 3.56. The van der Waals surface area contributed by atoms with Crippen LogP contribution in [-0.4, -0.2) is 34.0 Å². The van der Waals surface area contributed by atoms with Gasteiger partial charge in [0.05, 0.1) is 17.5 Å². The van der Waals surface area contributed by atoms with Crippen LogP contribution in [0.15, 0.2) is 53.1 Å². The molecular weight excluding hydrogens is 388 g/mol. The molecule has 6 nitrogen and oxygen atoms in total. The van der Waals surface area contributed by atoms with Gasteiger partial charge in [0.1, 0.15) is 0 Å². The molecule has 3 aromatic rings. The van der Waals surface area contributed by atoms with Crippen molar-refractivity contribution in [2.45, 2.75) is 26.3 Å². The Morgan fingerprint density at radius 3 is 2.83 bits per heavy atom. The average Bonchev–Trinajstić information content (AvgIpc) is 3.18. The number of carbonyl (C=O) groups is 1. The highest BCUT2D eigenvalue weighted by atomic mass is 35.5.